The molecule has 17 heavy (non-hydrogen) atoms. The fourth-order valence-corrected chi connectivity index (χ4v) is 2.09. The van der Waals surface area contributed by atoms with Gasteiger partial charge in [-0.25, -0.2) is 4.39 Å². The summed E-state index contributed by atoms with van der Waals surface area (Å²) in [6.07, 6.45) is 0.521. The van der Waals surface area contributed by atoms with Crippen molar-refractivity contribution in [1.29, 1.82) is 0 Å². The van der Waals surface area contributed by atoms with Gasteiger partial charge in [0.1, 0.15) is 5.82 Å². The lowest BCUT2D eigenvalue weighted by Crippen LogP contribution is -2.14. The van der Waals surface area contributed by atoms with E-state index in [1.807, 2.05) is 30.3 Å². The highest BCUT2D eigenvalue weighted by molar-refractivity contribution is 14.1. The molecule has 0 amide bonds. The first-order valence-electron chi connectivity index (χ1n) is 5.41. The third kappa shape index (κ3) is 3.26. The molecular weight excluding hydrogens is 328 g/mol. The van der Waals surface area contributed by atoms with Gasteiger partial charge in [0.15, 0.2) is 0 Å². The Labute approximate surface area is 114 Å². The zero-order valence-corrected chi connectivity index (χ0v) is 11.4. The molecule has 0 saturated carbocycles. The lowest BCUT2D eigenvalue weighted by atomic mass is 9.99. The minimum absolute atomic E-state index is 0.163. The van der Waals surface area contributed by atoms with E-state index < -0.39 is 0 Å². The monoisotopic (exact) mass is 341 g/mol. The van der Waals surface area contributed by atoms with Crippen LogP contribution in [0.25, 0.3) is 0 Å². The van der Waals surface area contributed by atoms with Crippen molar-refractivity contribution in [2.24, 2.45) is 5.73 Å². The molecule has 0 spiro atoms. The van der Waals surface area contributed by atoms with E-state index in [0.29, 0.717) is 12.0 Å². The lowest BCUT2D eigenvalue weighted by Gasteiger charge is -2.12. The van der Waals surface area contributed by atoms with Crippen molar-refractivity contribution in [2.75, 3.05) is 0 Å². The summed E-state index contributed by atoms with van der Waals surface area (Å²) in [5.41, 5.74) is 7.78. The van der Waals surface area contributed by atoms with E-state index in [-0.39, 0.29) is 11.9 Å². The lowest BCUT2D eigenvalue weighted by molar-refractivity contribution is 0.593. The highest BCUT2D eigenvalue weighted by atomic mass is 127. The van der Waals surface area contributed by atoms with Crippen LogP contribution in [0.1, 0.15) is 17.2 Å². The zero-order valence-electron chi connectivity index (χ0n) is 9.24. The summed E-state index contributed by atoms with van der Waals surface area (Å²) in [4.78, 5) is 0. The van der Waals surface area contributed by atoms with Gasteiger partial charge in [0.05, 0.1) is 0 Å². The Kier molecular flexibility index (Phi) is 4.12. The van der Waals surface area contributed by atoms with Crippen LogP contribution in [0.4, 0.5) is 4.39 Å². The molecule has 0 aromatic heterocycles. The number of benzene rings is 2. The van der Waals surface area contributed by atoms with Crippen LogP contribution in [-0.4, -0.2) is 0 Å². The Morgan fingerprint density at radius 1 is 1.06 bits per heavy atom. The van der Waals surface area contributed by atoms with Gasteiger partial charge < -0.3 is 5.73 Å². The van der Waals surface area contributed by atoms with E-state index >= 15 is 0 Å². The Morgan fingerprint density at radius 3 is 2.35 bits per heavy atom. The topological polar surface area (TPSA) is 26.0 Å². The SMILES string of the molecule is NC(Cc1ccccc1F)c1ccc(I)cc1. The van der Waals surface area contributed by atoms with E-state index in [9.17, 15) is 4.39 Å². The van der Waals surface area contributed by atoms with Crippen molar-refractivity contribution in [1.82, 2.24) is 0 Å². The summed E-state index contributed by atoms with van der Waals surface area (Å²) in [7, 11) is 0. The molecule has 0 aliphatic carbocycles. The Hall–Kier alpha value is -0.940. The van der Waals surface area contributed by atoms with Crippen molar-refractivity contribution in [3.8, 4) is 0 Å². The first kappa shape index (κ1) is 12.5. The van der Waals surface area contributed by atoms with Crippen LogP contribution < -0.4 is 5.73 Å². The van der Waals surface area contributed by atoms with Crippen LogP contribution in [0.2, 0.25) is 0 Å². The Morgan fingerprint density at radius 2 is 1.71 bits per heavy atom. The summed E-state index contributed by atoms with van der Waals surface area (Å²) in [6.45, 7) is 0. The van der Waals surface area contributed by atoms with Gasteiger partial charge in [-0.15, -0.1) is 0 Å². The summed E-state index contributed by atoms with van der Waals surface area (Å²) in [5.74, 6) is -0.187. The van der Waals surface area contributed by atoms with Gasteiger partial charge in [0.25, 0.3) is 0 Å². The van der Waals surface area contributed by atoms with Crippen molar-refractivity contribution in [3.05, 3.63) is 69.0 Å². The molecule has 0 fully saturated rings. The van der Waals surface area contributed by atoms with Crippen LogP contribution in [0, 0.1) is 9.39 Å². The summed E-state index contributed by atoms with van der Waals surface area (Å²) < 4.78 is 14.6. The number of nitrogens with two attached hydrogens (primary N) is 1. The van der Waals surface area contributed by atoms with Crippen molar-refractivity contribution in [3.63, 3.8) is 0 Å². The van der Waals surface area contributed by atoms with E-state index in [2.05, 4.69) is 22.6 Å². The van der Waals surface area contributed by atoms with Gasteiger partial charge in [-0.05, 0) is 58.3 Å². The molecule has 0 aliphatic rings. The molecular formula is C14H13FIN. The summed E-state index contributed by atoms with van der Waals surface area (Å²) in [6, 6.07) is 14.6. The average molecular weight is 341 g/mol. The second kappa shape index (κ2) is 5.60. The van der Waals surface area contributed by atoms with E-state index in [1.54, 1.807) is 12.1 Å². The molecule has 1 unspecified atom stereocenters. The quantitative estimate of drug-likeness (QED) is 0.847. The highest BCUT2D eigenvalue weighted by Crippen LogP contribution is 2.19. The minimum atomic E-state index is -0.187. The van der Waals surface area contributed by atoms with Crippen LogP contribution in [0.15, 0.2) is 48.5 Å². The Balaban J connectivity index is 2.14. The maximum Gasteiger partial charge on any atom is 0.126 e. The van der Waals surface area contributed by atoms with Crippen LogP contribution in [0.5, 0.6) is 0 Å². The van der Waals surface area contributed by atoms with Crippen molar-refractivity contribution < 1.29 is 4.39 Å². The molecule has 88 valence electrons. The molecule has 2 aromatic rings. The molecule has 0 bridgehead atoms. The van der Waals surface area contributed by atoms with Crippen LogP contribution in [0.3, 0.4) is 0 Å². The van der Waals surface area contributed by atoms with Crippen molar-refractivity contribution >= 4 is 22.6 Å². The smallest absolute Gasteiger partial charge is 0.126 e. The molecule has 3 heteroatoms. The normalized spacial score (nSPS) is 12.4. The van der Waals surface area contributed by atoms with E-state index in [4.69, 9.17) is 5.73 Å². The number of rotatable bonds is 3. The molecule has 0 saturated heterocycles. The standard InChI is InChI=1S/C14H13FIN/c15-13-4-2-1-3-11(13)9-14(17)10-5-7-12(16)8-6-10/h1-8,14H,9,17H2. The molecule has 0 radical (unpaired) electrons. The third-order valence-electron chi connectivity index (χ3n) is 2.70. The van der Waals surface area contributed by atoms with E-state index in [1.165, 1.54) is 9.64 Å². The predicted molar refractivity (Wildman–Crippen MR) is 76.2 cm³/mol. The van der Waals surface area contributed by atoms with Crippen molar-refractivity contribution in [2.45, 2.75) is 12.5 Å². The second-order valence-electron chi connectivity index (χ2n) is 3.95. The minimum Gasteiger partial charge on any atom is -0.324 e. The maximum atomic E-state index is 13.5. The van der Waals surface area contributed by atoms with Gasteiger partial charge in [-0.3, -0.25) is 0 Å². The average Bonchev–Trinajstić information content (AvgIpc) is 2.33. The van der Waals surface area contributed by atoms with Gasteiger partial charge in [-0.1, -0.05) is 30.3 Å². The number of hydrogen-bond acceptors (Lipinski definition) is 1. The third-order valence-corrected chi connectivity index (χ3v) is 3.41. The van der Waals surface area contributed by atoms with E-state index in [0.717, 1.165) is 5.56 Å². The van der Waals surface area contributed by atoms with Gasteiger partial charge >= 0.3 is 0 Å². The fraction of sp³-hybridized carbons (Fsp3) is 0.143. The van der Waals surface area contributed by atoms with Gasteiger partial charge in [-0.2, -0.15) is 0 Å². The molecule has 1 nitrogen and oxygen atoms in total. The van der Waals surface area contributed by atoms with Gasteiger partial charge in [0.2, 0.25) is 0 Å². The Bertz CT molecular complexity index is 496. The fourth-order valence-electron chi connectivity index (χ4n) is 1.73. The second-order valence-corrected chi connectivity index (χ2v) is 5.20. The predicted octanol–water partition coefficient (Wildman–Crippen LogP) is 3.67. The molecule has 0 aliphatic heterocycles. The molecule has 1 atom stereocenters. The van der Waals surface area contributed by atoms with Crippen LogP contribution in [-0.2, 0) is 6.42 Å². The summed E-state index contributed by atoms with van der Waals surface area (Å²) in [5, 5.41) is 0. The first-order valence-corrected chi connectivity index (χ1v) is 6.49. The van der Waals surface area contributed by atoms with Crippen LogP contribution >= 0.6 is 22.6 Å². The number of halogens is 2. The molecule has 2 rings (SSSR count). The maximum absolute atomic E-state index is 13.5. The van der Waals surface area contributed by atoms with Gasteiger partial charge in [0, 0.05) is 9.61 Å². The molecule has 2 aromatic carbocycles. The molecule has 2 N–H and O–H groups in total. The zero-order chi connectivity index (χ0) is 12.3. The largest absolute Gasteiger partial charge is 0.324 e. The number of hydrogen-bond donors (Lipinski definition) is 1. The first-order chi connectivity index (χ1) is 8.16. The summed E-state index contributed by atoms with van der Waals surface area (Å²) >= 11 is 2.25. The molecule has 0 heterocycles. The highest BCUT2D eigenvalue weighted by Gasteiger charge is 2.09.